The largest absolute Gasteiger partial charge is 0.508 e. The molecule has 0 spiro atoms. The highest BCUT2D eigenvalue weighted by molar-refractivity contribution is 5.95. The van der Waals surface area contributed by atoms with E-state index in [4.69, 9.17) is 4.74 Å². The Bertz CT molecular complexity index is 1360. The van der Waals surface area contributed by atoms with E-state index < -0.39 is 0 Å². The fourth-order valence-corrected chi connectivity index (χ4v) is 5.44. The number of nitrogens with one attached hydrogen (secondary N) is 2. The third-order valence-electron chi connectivity index (χ3n) is 7.61. The molecule has 0 aliphatic carbocycles. The number of ether oxygens (including phenoxy) is 1. The van der Waals surface area contributed by atoms with Crippen LogP contribution < -0.4 is 10.1 Å². The van der Waals surface area contributed by atoms with Gasteiger partial charge in [-0.2, -0.15) is 0 Å². The zero-order chi connectivity index (χ0) is 27.0. The SMILES string of the molecule is C[C@H](CCc1ccc(O)cc1)NC(=O)Cc1c(-c2ccccc2)[nH]c2cc(OCCN3CCCCC3)ccc12. The molecular formula is C33H39N3O3. The van der Waals surface area contributed by atoms with Gasteiger partial charge in [-0.3, -0.25) is 9.69 Å². The van der Waals surface area contributed by atoms with Crippen LogP contribution in [0.25, 0.3) is 22.2 Å². The molecule has 39 heavy (non-hydrogen) atoms. The van der Waals surface area contributed by atoms with Crippen molar-refractivity contribution in [3.05, 3.63) is 83.9 Å². The van der Waals surface area contributed by atoms with Crippen LogP contribution in [-0.2, 0) is 17.6 Å². The number of H-pyrrole nitrogens is 1. The molecule has 5 rings (SSSR count). The standard InChI is InChI=1S/C33H39N3O3/c1-24(10-11-25-12-14-27(37)15-13-25)34-32(38)23-30-29-17-16-28(39-21-20-36-18-6-3-7-19-36)22-31(29)35-33(30)26-8-4-2-5-9-26/h2,4-5,8-9,12-17,22,24,35,37H,3,6-7,10-11,18-21,23H2,1H3,(H,34,38)/t24-/m1/s1. The highest BCUT2D eigenvalue weighted by Crippen LogP contribution is 2.33. The number of likely N-dealkylation sites (tertiary alicyclic amines) is 1. The van der Waals surface area contributed by atoms with E-state index in [1.54, 1.807) is 12.1 Å². The van der Waals surface area contributed by atoms with Crippen LogP contribution in [0.3, 0.4) is 0 Å². The number of hydrogen-bond donors (Lipinski definition) is 3. The van der Waals surface area contributed by atoms with Crippen LogP contribution in [-0.4, -0.2) is 53.2 Å². The molecule has 0 radical (unpaired) electrons. The number of carbonyl (C=O) groups excluding carboxylic acids is 1. The van der Waals surface area contributed by atoms with Gasteiger partial charge < -0.3 is 20.1 Å². The van der Waals surface area contributed by atoms with Gasteiger partial charge in [0.05, 0.1) is 12.1 Å². The molecule has 1 fully saturated rings. The molecule has 0 bridgehead atoms. The van der Waals surface area contributed by atoms with Crippen LogP contribution in [0.5, 0.6) is 11.5 Å². The Kier molecular flexibility index (Phi) is 8.84. The van der Waals surface area contributed by atoms with Crippen molar-refractivity contribution >= 4 is 16.8 Å². The second-order valence-corrected chi connectivity index (χ2v) is 10.7. The summed E-state index contributed by atoms with van der Waals surface area (Å²) in [4.78, 5) is 19.2. The Balaban J connectivity index is 1.27. The lowest BCUT2D eigenvalue weighted by atomic mass is 10.0. The van der Waals surface area contributed by atoms with E-state index in [1.807, 2.05) is 43.3 Å². The lowest BCUT2D eigenvalue weighted by Crippen LogP contribution is -2.34. The first-order chi connectivity index (χ1) is 19.0. The van der Waals surface area contributed by atoms with Crippen LogP contribution in [0.2, 0.25) is 0 Å². The number of aryl methyl sites for hydroxylation is 1. The Morgan fingerprint density at radius 3 is 2.56 bits per heavy atom. The number of nitrogens with zero attached hydrogens (tertiary/aromatic N) is 1. The second kappa shape index (κ2) is 12.9. The summed E-state index contributed by atoms with van der Waals surface area (Å²) in [6.45, 7) is 6.00. The second-order valence-electron chi connectivity index (χ2n) is 10.7. The fourth-order valence-electron chi connectivity index (χ4n) is 5.44. The molecule has 1 saturated heterocycles. The maximum Gasteiger partial charge on any atom is 0.224 e. The highest BCUT2D eigenvalue weighted by Gasteiger charge is 2.18. The monoisotopic (exact) mass is 525 g/mol. The number of aromatic hydroxyl groups is 1. The summed E-state index contributed by atoms with van der Waals surface area (Å²) in [6, 6.07) is 23.6. The van der Waals surface area contributed by atoms with E-state index in [9.17, 15) is 9.90 Å². The first-order valence-corrected chi connectivity index (χ1v) is 14.2. The minimum atomic E-state index is 0.00754. The van der Waals surface area contributed by atoms with Gasteiger partial charge in [-0.1, -0.05) is 48.9 Å². The summed E-state index contributed by atoms with van der Waals surface area (Å²) < 4.78 is 6.12. The number of hydrogen-bond acceptors (Lipinski definition) is 4. The normalized spacial score (nSPS) is 14.8. The molecule has 6 heteroatoms. The molecule has 4 aromatic rings. The Labute approximate surface area is 231 Å². The van der Waals surface area contributed by atoms with E-state index in [2.05, 4.69) is 39.5 Å². The van der Waals surface area contributed by atoms with Gasteiger partial charge in [0.25, 0.3) is 0 Å². The van der Waals surface area contributed by atoms with Crippen LogP contribution >= 0.6 is 0 Å². The maximum absolute atomic E-state index is 13.2. The summed E-state index contributed by atoms with van der Waals surface area (Å²) in [5.41, 5.74) is 5.16. The van der Waals surface area contributed by atoms with Crippen molar-refractivity contribution in [2.24, 2.45) is 0 Å². The predicted octanol–water partition coefficient (Wildman–Crippen LogP) is 6.09. The molecule has 204 valence electrons. The number of aromatic nitrogens is 1. The number of phenolic OH excluding ortho intramolecular Hbond substituents is 1. The van der Waals surface area contributed by atoms with Crippen LogP contribution in [0.15, 0.2) is 72.8 Å². The molecule has 0 saturated carbocycles. The van der Waals surface area contributed by atoms with Gasteiger partial charge in [-0.05, 0) is 86.7 Å². The van der Waals surface area contributed by atoms with Crippen molar-refractivity contribution < 1.29 is 14.6 Å². The summed E-state index contributed by atoms with van der Waals surface area (Å²) in [5, 5.41) is 13.7. The van der Waals surface area contributed by atoms with E-state index in [0.717, 1.165) is 58.4 Å². The molecule has 0 unspecified atom stereocenters. The summed E-state index contributed by atoms with van der Waals surface area (Å²) in [7, 11) is 0. The van der Waals surface area contributed by atoms with Crippen molar-refractivity contribution in [1.29, 1.82) is 0 Å². The smallest absolute Gasteiger partial charge is 0.224 e. The van der Waals surface area contributed by atoms with Crippen molar-refractivity contribution in [2.45, 2.75) is 51.5 Å². The molecule has 3 aromatic carbocycles. The van der Waals surface area contributed by atoms with Gasteiger partial charge in [-0.25, -0.2) is 0 Å². The van der Waals surface area contributed by atoms with Gasteiger partial charge in [0.2, 0.25) is 5.91 Å². The topological polar surface area (TPSA) is 77.6 Å². The minimum absolute atomic E-state index is 0.00754. The van der Waals surface area contributed by atoms with Crippen molar-refractivity contribution in [2.75, 3.05) is 26.2 Å². The first-order valence-electron chi connectivity index (χ1n) is 14.2. The van der Waals surface area contributed by atoms with E-state index in [-0.39, 0.29) is 17.7 Å². The quantitative estimate of drug-likeness (QED) is 0.222. The molecule has 6 nitrogen and oxygen atoms in total. The highest BCUT2D eigenvalue weighted by atomic mass is 16.5. The number of amides is 1. The zero-order valence-electron chi connectivity index (χ0n) is 22.8. The van der Waals surface area contributed by atoms with Crippen molar-refractivity contribution in [3.63, 3.8) is 0 Å². The van der Waals surface area contributed by atoms with E-state index in [0.29, 0.717) is 13.0 Å². The Hall–Kier alpha value is -3.77. The fraction of sp³-hybridized carbons (Fsp3) is 0.364. The van der Waals surface area contributed by atoms with E-state index >= 15 is 0 Å². The molecule has 1 amide bonds. The number of aromatic amines is 1. The number of benzene rings is 3. The summed E-state index contributed by atoms with van der Waals surface area (Å²) in [6.07, 6.45) is 5.86. The van der Waals surface area contributed by atoms with Gasteiger partial charge in [0, 0.05) is 29.6 Å². The average molecular weight is 526 g/mol. The minimum Gasteiger partial charge on any atom is -0.508 e. The number of piperidine rings is 1. The van der Waals surface area contributed by atoms with Gasteiger partial charge >= 0.3 is 0 Å². The first kappa shape index (κ1) is 26.8. The maximum atomic E-state index is 13.2. The van der Waals surface area contributed by atoms with Crippen LogP contribution in [0, 0.1) is 0 Å². The Morgan fingerprint density at radius 1 is 1.03 bits per heavy atom. The number of fused-ring (bicyclic) bond motifs is 1. The van der Waals surface area contributed by atoms with Crippen LogP contribution in [0.1, 0.15) is 43.7 Å². The summed E-state index contributed by atoms with van der Waals surface area (Å²) in [5.74, 6) is 1.12. The zero-order valence-corrected chi connectivity index (χ0v) is 22.8. The molecule has 3 N–H and O–H groups in total. The molecular weight excluding hydrogens is 486 g/mol. The average Bonchev–Trinajstić information content (AvgIpc) is 3.31. The van der Waals surface area contributed by atoms with Crippen molar-refractivity contribution in [3.8, 4) is 22.8 Å². The molecule has 2 heterocycles. The predicted molar refractivity (Wildman–Crippen MR) is 157 cm³/mol. The lowest BCUT2D eigenvalue weighted by Gasteiger charge is -2.26. The summed E-state index contributed by atoms with van der Waals surface area (Å²) >= 11 is 0. The third kappa shape index (κ3) is 7.21. The molecule has 1 aliphatic rings. The number of carbonyl (C=O) groups is 1. The van der Waals surface area contributed by atoms with Gasteiger partial charge in [0.15, 0.2) is 0 Å². The molecule has 1 atom stereocenters. The molecule has 1 aliphatic heterocycles. The number of rotatable bonds is 11. The van der Waals surface area contributed by atoms with Crippen molar-refractivity contribution in [1.82, 2.24) is 15.2 Å². The van der Waals surface area contributed by atoms with Gasteiger partial charge in [0.1, 0.15) is 18.1 Å². The molecule has 1 aromatic heterocycles. The van der Waals surface area contributed by atoms with E-state index in [1.165, 1.54) is 32.4 Å². The van der Waals surface area contributed by atoms with Crippen LogP contribution in [0.4, 0.5) is 0 Å². The lowest BCUT2D eigenvalue weighted by molar-refractivity contribution is -0.121. The third-order valence-corrected chi connectivity index (χ3v) is 7.61. The number of phenols is 1. The van der Waals surface area contributed by atoms with Gasteiger partial charge in [-0.15, -0.1) is 0 Å². The Morgan fingerprint density at radius 2 is 1.79 bits per heavy atom.